The van der Waals surface area contributed by atoms with Crippen molar-refractivity contribution in [2.75, 3.05) is 13.2 Å². The van der Waals surface area contributed by atoms with Gasteiger partial charge in [-0.1, -0.05) is 32.1 Å². The molecule has 98 valence electrons. The molecular formula is C12H26O4. The number of hydrogen-bond donors (Lipinski definition) is 3. The molecule has 0 radical (unpaired) electrons. The maximum atomic E-state index is 8.64. The van der Waals surface area contributed by atoms with Crippen molar-refractivity contribution in [1.82, 2.24) is 0 Å². The number of unbranched alkanes of at least 4 members (excludes halogenated alkanes) is 6. The van der Waals surface area contributed by atoms with Gasteiger partial charge >= 0.3 is 0 Å². The van der Waals surface area contributed by atoms with Crippen LogP contribution in [-0.2, 0) is 4.74 Å². The highest BCUT2D eigenvalue weighted by Gasteiger charge is 2.16. The minimum absolute atomic E-state index is 0.0390. The van der Waals surface area contributed by atoms with Crippen LogP contribution >= 0.6 is 0 Å². The topological polar surface area (TPSA) is 69.9 Å². The van der Waals surface area contributed by atoms with Crippen LogP contribution in [0.15, 0.2) is 0 Å². The highest BCUT2D eigenvalue weighted by atomic mass is 16.7. The van der Waals surface area contributed by atoms with Crippen LogP contribution in [-0.4, -0.2) is 34.5 Å². The van der Waals surface area contributed by atoms with Crippen LogP contribution in [0.3, 0.4) is 0 Å². The fourth-order valence-corrected chi connectivity index (χ4v) is 1.59. The first kappa shape index (κ1) is 15.8. The summed E-state index contributed by atoms with van der Waals surface area (Å²) in [6.45, 7) is 3.66. The quantitative estimate of drug-likeness (QED) is 0.376. The molecule has 0 atom stereocenters. The third kappa shape index (κ3) is 13.8. The highest BCUT2D eigenvalue weighted by molar-refractivity contribution is 4.50. The lowest BCUT2D eigenvalue weighted by atomic mass is 10.1. The van der Waals surface area contributed by atoms with Crippen molar-refractivity contribution in [2.45, 2.75) is 64.3 Å². The number of ether oxygens (including phenoxy) is 1. The minimum Gasteiger partial charge on any atom is -0.382 e. The molecule has 0 aliphatic rings. The first-order chi connectivity index (χ1) is 7.56. The van der Waals surface area contributed by atoms with Crippen molar-refractivity contribution in [3.8, 4) is 0 Å². The highest BCUT2D eigenvalue weighted by Crippen LogP contribution is 2.12. The van der Waals surface area contributed by atoms with E-state index in [0.29, 0.717) is 6.42 Å². The maximum absolute atomic E-state index is 8.64. The summed E-state index contributed by atoms with van der Waals surface area (Å²) in [5.41, 5.74) is 0. The van der Waals surface area contributed by atoms with Crippen molar-refractivity contribution in [1.29, 1.82) is 0 Å². The first-order valence-electron chi connectivity index (χ1n) is 6.31. The van der Waals surface area contributed by atoms with Crippen molar-refractivity contribution < 1.29 is 20.1 Å². The Labute approximate surface area is 98.2 Å². The molecule has 16 heavy (non-hydrogen) atoms. The normalized spacial score (nSPS) is 12.0. The number of hydrogen-bond acceptors (Lipinski definition) is 4. The zero-order valence-corrected chi connectivity index (χ0v) is 10.3. The van der Waals surface area contributed by atoms with Gasteiger partial charge in [-0.2, -0.15) is 0 Å². The molecule has 0 saturated heterocycles. The van der Waals surface area contributed by atoms with Gasteiger partial charge in [0.25, 0.3) is 5.97 Å². The Morgan fingerprint density at radius 2 is 1.31 bits per heavy atom. The summed E-state index contributed by atoms with van der Waals surface area (Å²) in [6, 6.07) is 0. The van der Waals surface area contributed by atoms with E-state index < -0.39 is 5.97 Å². The molecule has 0 unspecified atom stereocenters. The van der Waals surface area contributed by atoms with Gasteiger partial charge in [-0.15, -0.1) is 0 Å². The van der Waals surface area contributed by atoms with E-state index >= 15 is 0 Å². The average Bonchev–Trinajstić information content (AvgIpc) is 2.19. The van der Waals surface area contributed by atoms with Crippen molar-refractivity contribution in [2.24, 2.45) is 0 Å². The molecule has 0 heterocycles. The smallest absolute Gasteiger partial charge is 0.275 e. The SMILES string of the molecule is CCOCCCCCCCCCC(O)(O)O. The molecule has 0 amide bonds. The van der Waals surface area contributed by atoms with Gasteiger partial charge < -0.3 is 20.1 Å². The van der Waals surface area contributed by atoms with E-state index in [0.717, 1.165) is 32.5 Å². The zero-order valence-electron chi connectivity index (χ0n) is 10.3. The van der Waals surface area contributed by atoms with Gasteiger partial charge in [0.1, 0.15) is 0 Å². The van der Waals surface area contributed by atoms with Crippen LogP contribution < -0.4 is 0 Å². The van der Waals surface area contributed by atoms with Crippen molar-refractivity contribution >= 4 is 0 Å². The maximum Gasteiger partial charge on any atom is 0.275 e. The predicted octanol–water partition coefficient (Wildman–Crippen LogP) is 1.77. The molecule has 0 bridgehead atoms. The molecule has 4 nitrogen and oxygen atoms in total. The van der Waals surface area contributed by atoms with Gasteiger partial charge in [0, 0.05) is 19.6 Å². The third-order valence-corrected chi connectivity index (χ3v) is 2.50. The standard InChI is InChI=1S/C12H26O4/c1-2-16-11-9-7-5-3-4-6-8-10-12(13,14)15/h13-15H,2-11H2,1H3. The van der Waals surface area contributed by atoms with Gasteiger partial charge in [0.2, 0.25) is 0 Å². The second-order valence-electron chi connectivity index (χ2n) is 4.20. The molecule has 3 N–H and O–H groups in total. The molecular weight excluding hydrogens is 208 g/mol. The molecule has 0 aromatic rings. The van der Waals surface area contributed by atoms with Crippen molar-refractivity contribution in [3.05, 3.63) is 0 Å². The monoisotopic (exact) mass is 234 g/mol. The van der Waals surface area contributed by atoms with Gasteiger partial charge in [-0.25, -0.2) is 0 Å². The lowest BCUT2D eigenvalue weighted by molar-refractivity contribution is -0.315. The van der Waals surface area contributed by atoms with Crippen LogP contribution in [0.1, 0.15) is 58.3 Å². The van der Waals surface area contributed by atoms with Gasteiger partial charge in [-0.05, 0) is 19.8 Å². The summed E-state index contributed by atoms with van der Waals surface area (Å²) in [7, 11) is 0. The Morgan fingerprint density at radius 3 is 1.81 bits per heavy atom. The summed E-state index contributed by atoms with van der Waals surface area (Å²) in [5, 5.41) is 25.9. The Morgan fingerprint density at radius 1 is 0.812 bits per heavy atom. The largest absolute Gasteiger partial charge is 0.382 e. The van der Waals surface area contributed by atoms with Crippen molar-refractivity contribution in [3.63, 3.8) is 0 Å². The summed E-state index contributed by atoms with van der Waals surface area (Å²) in [5.74, 6) is -2.47. The van der Waals surface area contributed by atoms with Gasteiger partial charge in [0.15, 0.2) is 0 Å². The summed E-state index contributed by atoms with van der Waals surface area (Å²) in [4.78, 5) is 0. The number of aliphatic hydroxyl groups is 3. The van der Waals surface area contributed by atoms with E-state index in [1.54, 1.807) is 0 Å². The molecule has 0 rings (SSSR count). The molecule has 0 aromatic heterocycles. The molecule has 4 heteroatoms. The Balaban J connectivity index is 2.99. The van der Waals surface area contributed by atoms with E-state index in [9.17, 15) is 0 Å². The third-order valence-electron chi connectivity index (χ3n) is 2.50. The summed E-state index contributed by atoms with van der Waals surface area (Å²) in [6.07, 6.45) is 7.42. The van der Waals surface area contributed by atoms with Gasteiger partial charge in [0.05, 0.1) is 0 Å². The Bertz CT molecular complexity index is 142. The van der Waals surface area contributed by atoms with E-state index in [4.69, 9.17) is 20.1 Å². The Hall–Kier alpha value is -0.160. The summed E-state index contributed by atoms with van der Waals surface area (Å²) < 4.78 is 5.23. The molecule has 0 spiro atoms. The second-order valence-corrected chi connectivity index (χ2v) is 4.20. The fraction of sp³-hybridized carbons (Fsp3) is 1.00. The van der Waals surface area contributed by atoms with E-state index in [-0.39, 0.29) is 6.42 Å². The fourth-order valence-electron chi connectivity index (χ4n) is 1.59. The van der Waals surface area contributed by atoms with E-state index in [1.165, 1.54) is 19.3 Å². The first-order valence-corrected chi connectivity index (χ1v) is 6.31. The molecule has 0 aliphatic carbocycles. The van der Waals surface area contributed by atoms with Crippen LogP contribution in [0.5, 0.6) is 0 Å². The minimum atomic E-state index is -2.47. The lowest BCUT2D eigenvalue weighted by Gasteiger charge is -2.12. The molecule has 0 saturated carbocycles. The van der Waals surface area contributed by atoms with Crippen LogP contribution in [0.4, 0.5) is 0 Å². The molecule has 0 fully saturated rings. The Kier molecular flexibility index (Phi) is 9.92. The lowest BCUT2D eigenvalue weighted by Crippen LogP contribution is -2.26. The predicted molar refractivity (Wildman–Crippen MR) is 62.8 cm³/mol. The molecule has 0 aromatic carbocycles. The van der Waals surface area contributed by atoms with E-state index in [1.807, 2.05) is 6.92 Å². The molecule has 0 aliphatic heterocycles. The average molecular weight is 234 g/mol. The van der Waals surface area contributed by atoms with Crippen LogP contribution in [0.2, 0.25) is 0 Å². The van der Waals surface area contributed by atoms with E-state index in [2.05, 4.69) is 0 Å². The number of rotatable bonds is 11. The van der Waals surface area contributed by atoms with Gasteiger partial charge in [-0.3, -0.25) is 0 Å². The summed E-state index contributed by atoms with van der Waals surface area (Å²) >= 11 is 0. The second kappa shape index (κ2) is 10.0. The zero-order chi connectivity index (χ0) is 12.3. The van der Waals surface area contributed by atoms with Crippen LogP contribution in [0.25, 0.3) is 0 Å². The van der Waals surface area contributed by atoms with Crippen LogP contribution in [0, 0.1) is 0 Å².